The summed E-state index contributed by atoms with van der Waals surface area (Å²) in [6.45, 7) is 0. The van der Waals surface area contributed by atoms with Crippen molar-refractivity contribution >= 4 is 37.5 Å². The standard InChI is InChI=1S/C20H15N3O5S2/c24-20(21-14-8-2-1-3-9-14)16-11-5-7-13-18(16)30(27,28)23-19-15-10-4-6-12-17(15)29(25,26)22-19/h1-13H,(H,21,24)(H,22,23). The van der Waals surface area contributed by atoms with E-state index in [1.165, 1.54) is 42.5 Å². The lowest BCUT2D eigenvalue weighted by Crippen LogP contribution is -2.32. The van der Waals surface area contributed by atoms with Crippen LogP contribution in [0.1, 0.15) is 15.9 Å². The number of fused-ring (bicyclic) bond motifs is 1. The van der Waals surface area contributed by atoms with E-state index in [2.05, 4.69) is 14.4 Å². The third kappa shape index (κ3) is 3.70. The Morgan fingerprint density at radius 3 is 2.23 bits per heavy atom. The summed E-state index contributed by atoms with van der Waals surface area (Å²) in [6.07, 6.45) is 0. The first-order valence-corrected chi connectivity index (χ1v) is 11.6. The first-order valence-electron chi connectivity index (χ1n) is 8.70. The SMILES string of the molecule is O=C(Nc1ccccc1)c1ccccc1S(=O)(=O)NC1=NS(=O)(=O)c2ccccc21. The molecule has 0 aromatic heterocycles. The summed E-state index contributed by atoms with van der Waals surface area (Å²) >= 11 is 0. The number of sulfonamides is 2. The van der Waals surface area contributed by atoms with Gasteiger partial charge in [-0.2, -0.15) is 8.42 Å². The highest BCUT2D eigenvalue weighted by Gasteiger charge is 2.32. The van der Waals surface area contributed by atoms with Crippen LogP contribution in [-0.2, 0) is 20.0 Å². The van der Waals surface area contributed by atoms with Gasteiger partial charge in [-0.3, -0.25) is 9.52 Å². The summed E-state index contributed by atoms with van der Waals surface area (Å²) in [7, 11) is -8.31. The Morgan fingerprint density at radius 2 is 1.47 bits per heavy atom. The number of amidine groups is 1. The van der Waals surface area contributed by atoms with E-state index in [9.17, 15) is 21.6 Å². The van der Waals surface area contributed by atoms with Gasteiger partial charge in [0.15, 0.2) is 5.84 Å². The zero-order valence-corrected chi connectivity index (χ0v) is 16.9. The van der Waals surface area contributed by atoms with Gasteiger partial charge in [0.25, 0.3) is 26.0 Å². The van der Waals surface area contributed by atoms with Gasteiger partial charge in [0.2, 0.25) is 0 Å². The first kappa shape index (κ1) is 19.8. The second kappa shape index (κ2) is 7.39. The lowest BCUT2D eigenvalue weighted by Gasteiger charge is -2.12. The highest BCUT2D eigenvalue weighted by molar-refractivity contribution is 7.92. The molecule has 1 aliphatic heterocycles. The minimum absolute atomic E-state index is 0.0854. The molecule has 3 aromatic rings. The highest BCUT2D eigenvalue weighted by atomic mass is 32.2. The number of carbonyl (C=O) groups excluding carboxylic acids is 1. The lowest BCUT2D eigenvalue weighted by atomic mass is 10.2. The molecule has 10 heteroatoms. The topological polar surface area (TPSA) is 122 Å². The van der Waals surface area contributed by atoms with Gasteiger partial charge >= 0.3 is 0 Å². The van der Waals surface area contributed by atoms with Crippen molar-refractivity contribution in [2.24, 2.45) is 4.40 Å². The molecule has 0 spiro atoms. The number of benzene rings is 3. The van der Waals surface area contributed by atoms with Crippen molar-refractivity contribution in [2.45, 2.75) is 9.79 Å². The monoisotopic (exact) mass is 441 g/mol. The normalized spacial score (nSPS) is 14.5. The van der Waals surface area contributed by atoms with Gasteiger partial charge in [0.05, 0.1) is 5.56 Å². The predicted molar refractivity (Wildman–Crippen MR) is 111 cm³/mol. The molecule has 152 valence electrons. The van der Waals surface area contributed by atoms with Crippen LogP contribution in [0.25, 0.3) is 0 Å². The number of amides is 1. The molecule has 30 heavy (non-hydrogen) atoms. The maximum absolute atomic E-state index is 13.0. The van der Waals surface area contributed by atoms with E-state index in [1.807, 2.05) is 0 Å². The van der Waals surface area contributed by atoms with Crippen molar-refractivity contribution < 1.29 is 21.6 Å². The Balaban J connectivity index is 1.69. The number of nitrogens with zero attached hydrogens (tertiary/aromatic N) is 1. The van der Waals surface area contributed by atoms with Crippen LogP contribution in [0.15, 0.2) is 93.1 Å². The van der Waals surface area contributed by atoms with Crippen molar-refractivity contribution in [1.29, 1.82) is 0 Å². The van der Waals surface area contributed by atoms with Crippen molar-refractivity contribution in [2.75, 3.05) is 5.32 Å². The number of rotatable bonds is 4. The molecule has 0 unspecified atom stereocenters. The second-order valence-electron chi connectivity index (χ2n) is 6.33. The van der Waals surface area contributed by atoms with E-state index < -0.39 is 26.0 Å². The molecule has 4 rings (SSSR count). The molecule has 8 nitrogen and oxygen atoms in total. The van der Waals surface area contributed by atoms with Crippen LogP contribution in [0.2, 0.25) is 0 Å². The number of carbonyl (C=O) groups is 1. The lowest BCUT2D eigenvalue weighted by molar-refractivity contribution is 0.102. The summed E-state index contributed by atoms with van der Waals surface area (Å²) in [6, 6.07) is 20.1. The number of hydrogen-bond donors (Lipinski definition) is 2. The third-order valence-electron chi connectivity index (χ3n) is 4.32. The van der Waals surface area contributed by atoms with E-state index in [1.54, 1.807) is 36.4 Å². The number of para-hydroxylation sites is 1. The highest BCUT2D eigenvalue weighted by Crippen LogP contribution is 2.26. The quantitative estimate of drug-likeness (QED) is 0.644. The molecule has 0 saturated carbocycles. The van der Waals surface area contributed by atoms with Gasteiger partial charge in [-0.05, 0) is 36.4 Å². The molecular formula is C20H15N3O5S2. The fourth-order valence-electron chi connectivity index (χ4n) is 2.97. The zero-order chi connectivity index (χ0) is 21.4. The van der Waals surface area contributed by atoms with Gasteiger partial charge in [-0.25, -0.2) is 8.42 Å². The van der Waals surface area contributed by atoms with Crippen LogP contribution in [0.3, 0.4) is 0 Å². The summed E-state index contributed by atoms with van der Waals surface area (Å²) in [5, 5.41) is 2.64. The van der Waals surface area contributed by atoms with Crippen LogP contribution in [0.4, 0.5) is 5.69 Å². The molecule has 0 saturated heterocycles. The number of anilines is 1. The fourth-order valence-corrected chi connectivity index (χ4v) is 5.43. The molecule has 0 atom stereocenters. The molecule has 1 amide bonds. The van der Waals surface area contributed by atoms with Crippen LogP contribution in [0.5, 0.6) is 0 Å². The second-order valence-corrected chi connectivity index (χ2v) is 9.56. The average Bonchev–Trinajstić information content (AvgIpc) is 2.98. The largest absolute Gasteiger partial charge is 0.322 e. The Morgan fingerprint density at radius 1 is 0.833 bits per heavy atom. The fraction of sp³-hybridized carbons (Fsp3) is 0. The number of hydrogen-bond acceptors (Lipinski definition) is 5. The Hall–Kier alpha value is -3.50. The molecule has 0 radical (unpaired) electrons. The van der Waals surface area contributed by atoms with E-state index in [0.717, 1.165) is 0 Å². The van der Waals surface area contributed by atoms with Crippen LogP contribution >= 0.6 is 0 Å². The molecule has 0 aliphatic carbocycles. The molecule has 2 N–H and O–H groups in total. The van der Waals surface area contributed by atoms with Gasteiger partial charge in [-0.15, -0.1) is 4.40 Å². The van der Waals surface area contributed by atoms with Crippen molar-refractivity contribution in [3.05, 3.63) is 90.0 Å². The summed E-state index contributed by atoms with van der Waals surface area (Å²) < 4.78 is 56.1. The van der Waals surface area contributed by atoms with Crippen molar-refractivity contribution in [1.82, 2.24) is 4.72 Å². The van der Waals surface area contributed by atoms with E-state index in [0.29, 0.717) is 5.69 Å². The maximum Gasteiger partial charge on any atom is 0.285 e. The summed E-state index contributed by atoms with van der Waals surface area (Å²) in [5.74, 6) is -0.938. The van der Waals surface area contributed by atoms with E-state index in [4.69, 9.17) is 0 Å². The van der Waals surface area contributed by atoms with Crippen LogP contribution in [-0.4, -0.2) is 28.6 Å². The maximum atomic E-state index is 13.0. The smallest absolute Gasteiger partial charge is 0.285 e. The minimum atomic E-state index is -4.31. The van der Waals surface area contributed by atoms with E-state index in [-0.39, 0.29) is 26.8 Å². The summed E-state index contributed by atoms with van der Waals surface area (Å²) in [4.78, 5) is 12.3. The molecular weight excluding hydrogens is 426 g/mol. The Bertz CT molecular complexity index is 1380. The molecule has 0 bridgehead atoms. The molecule has 0 fully saturated rings. The molecule has 1 heterocycles. The Labute approximate surface area is 173 Å². The minimum Gasteiger partial charge on any atom is -0.322 e. The number of nitrogens with one attached hydrogen (secondary N) is 2. The van der Waals surface area contributed by atoms with Crippen LogP contribution < -0.4 is 10.0 Å². The molecule has 3 aromatic carbocycles. The van der Waals surface area contributed by atoms with E-state index >= 15 is 0 Å². The summed E-state index contributed by atoms with van der Waals surface area (Å²) in [5.41, 5.74) is 0.554. The third-order valence-corrected chi connectivity index (χ3v) is 7.05. The predicted octanol–water partition coefficient (Wildman–Crippen LogP) is 2.37. The van der Waals surface area contributed by atoms with Gasteiger partial charge in [0.1, 0.15) is 9.79 Å². The molecule has 1 aliphatic rings. The van der Waals surface area contributed by atoms with Gasteiger partial charge in [0, 0.05) is 11.3 Å². The zero-order valence-electron chi connectivity index (χ0n) is 15.3. The van der Waals surface area contributed by atoms with Crippen molar-refractivity contribution in [3.63, 3.8) is 0 Å². The average molecular weight is 441 g/mol. The van der Waals surface area contributed by atoms with Crippen LogP contribution in [0, 0.1) is 0 Å². The van der Waals surface area contributed by atoms with Gasteiger partial charge in [-0.1, -0.05) is 42.5 Å². The van der Waals surface area contributed by atoms with Crippen molar-refractivity contribution in [3.8, 4) is 0 Å². The Kier molecular flexibility index (Phi) is 4.88. The van der Waals surface area contributed by atoms with Gasteiger partial charge < -0.3 is 5.32 Å². The first-order chi connectivity index (χ1) is 14.3.